The van der Waals surface area contributed by atoms with E-state index in [2.05, 4.69) is 4.90 Å². The fourth-order valence-electron chi connectivity index (χ4n) is 2.35. The summed E-state index contributed by atoms with van der Waals surface area (Å²) in [5.41, 5.74) is 2.01. The number of rotatable bonds is 3. The van der Waals surface area contributed by atoms with Gasteiger partial charge in [0, 0.05) is 0 Å². The van der Waals surface area contributed by atoms with Gasteiger partial charge in [-0.1, -0.05) is 29.8 Å². The van der Waals surface area contributed by atoms with Gasteiger partial charge in [0.1, 0.15) is 6.04 Å². The average molecular weight is 219 g/mol. The van der Waals surface area contributed by atoms with E-state index in [1.165, 1.54) is 0 Å². The number of aliphatic carboxylic acids is 1. The van der Waals surface area contributed by atoms with Gasteiger partial charge in [-0.25, -0.2) is 0 Å². The molecule has 0 saturated carbocycles. The fraction of sp³-hybridized carbons (Fsp3) is 0.462. The number of carboxylic acids is 1. The minimum atomic E-state index is -0.743. The van der Waals surface area contributed by atoms with Gasteiger partial charge >= 0.3 is 5.97 Å². The zero-order valence-corrected chi connectivity index (χ0v) is 9.52. The van der Waals surface area contributed by atoms with Crippen molar-refractivity contribution >= 4 is 5.97 Å². The molecule has 2 rings (SSSR count). The van der Waals surface area contributed by atoms with E-state index in [1.807, 2.05) is 31.2 Å². The summed E-state index contributed by atoms with van der Waals surface area (Å²) in [6, 6.07) is 7.33. The van der Waals surface area contributed by atoms with Gasteiger partial charge in [-0.3, -0.25) is 9.69 Å². The van der Waals surface area contributed by atoms with Crippen molar-refractivity contribution in [2.45, 2.75) is 25.8 Å². The van der Waals surface area contributed by atoms with Gasteiger partial charge < -0.3 is 5.11 Å². The Morgan fingerprint density at radius 3 is 2.62 bits per heavy atom. The number of nitrogens with zero attached hydrogens (tertiary/aromatic N) is 1. The molecule has 3 heteroatoms. The van der Waals surface area contributed by atoms with Crippen molar-refractivity contribution in [1.82, 2.24) is 4.90 Å². The summed E-state index contributed by atoms with van der Waals surface area (Å²) in [6.45, 7) is 3.78. The van der Waals surface area contributed by atoms with Crippen LogP contribution in [0.1, 0.15) is 30.0 Å². The Balaban J connectivity index is 2.28. The zero-order valence-electron chi connectivity index (χ0n) is 9.52. The number of hydrogen-bond donors (Lipinski definition) is 1. The minimum Gasteiger partial charge on any atom is -0.480 e. The van der Waals surface area contributed by atoms with Crippen LogP contribution in [0.15, 0.2) is 24.3 Å². The Labute approximate surface area is 95.7 Å². The van der Waals surface area contributed by atoms with E-state index in [9.17, 15) is 9.90 Å². The molecule has 0 aliphatic carbocycles. The van der Waals surface area contributed by atoms with Gasteiger partial charge in [0.15, 0.2) is 0 Å². The van der Waals surface area contributed by atoms with Gasteiger partial charge in [0.05, 0.1) is 0 Å². The van der Waals surface area contributed by atoms with E-state index < -0.39 is 12.0 Å². The van der Waals surface area contributed by atoms with Crippen molar-refractivity contribution in [3.8, 4) is 0 Å². The standard InChI is InChI=1S/C13H17NO2/c1-10-5-4-6-11(9-10)12(13(15)16)14-7-2-3-8-14/h4-6,9,12H,2-3,7-8H2,1H3,(H,15,16)/t12-/m0/s1. The lowest BCUT2D eigenvalue weighted by Gasteiger charge is -2.24. The molecule has 1 N–H and O–H groups in total. The van der Waals surface area contributed by atoms with E-state index in [0.29, 0.717) is 0 Å². The molecule has 16 heavy (non-hydrogen) atoms. The highest BCUT2D eigenvalue weighted by Crippen LogP contribution is 2.25. The van der Waals surface area contributed by atoms with E-state index in [1.54, 1.807) is 0 Å². The van der Waals surface area contributed by atoms with Crippen LogP contribution in [0.25, 0.3) is 0 Å². The Kier molecular flexibility index (Phi) is 3.25. The zero-order chi connectivity index (χ0) is 11.5. The summed E-state index contributed by atoms with van der Waals surface area (Å²) in [5.74, 6) is -0.743. The van der Waals surface area contributed by atoms with Crippen LogP contribution in [-0.2, 0) is 4.79 Å². The van der Waals surface area contributed by atoms with Gasteiger partial charge in [-0.2, -0.15) is 0 Å². The Morgan fingerprint density at radius 1 is 1.38 bits per heavy atom. The number of likely N-dealkylation sites (tertiary alicyclic amines) is 1. The number of hydrogen-bond acceptors (Lipinski definition) is 2. The molecular weight excluding hydrogens is 202 g/mol. The lowest BCUT2D eigenvalue weighted by molar-refractivity contribution is -0.143. The van der Waals surface area contributed by atoms with Crippen LogP contribution in [0.3, 0.4) is 0 Å². The third kappa shape index (κ3) is 2.25. The summed E-state index contributed by atoms with van der Waals surface area (Å²) >= 11 is 0. The molecule has 0 radical (unpaired) electrons. The maximum Gasteiger partial charge on any atom is 0.325 e. The molecule has 86 valence electrons. The molecule has 1 fully saturated rings. The van der Waals surface area contributed by atoms with Crippen LogP contribution < -0.4 is 0 Å². The van der Waals surface area contributed by atoms with Crippen molar-refractivity contribution in [2.24, 2.45) is 0 Å². The summed E-state index contributed by atoms with van der Waals surface area (Å²) < 4.78 is 0. The normalized spacial score (nSPS) is 18.6. The number of carbonyl (C=O) groups is 1. The average Bonchev–Trinajstić information content (AvgIpc) is 2.71. The van der Waals surface area contributed by atoms with Crippen LogP contribution in [0.4, 0.5) is 0 Å². The third-order valence-corrected chi connectivity index (χ3v) is 3.10. The van der Waals surface area contributed by atoms with E-state index >= 15 is 0 Å². The fourth-order valence-corrected chi connectivity index (χ4v) is 2.35. The minimum absolute atomic E-state index is 0.470. The molecule has 0 bridgehead atoms. The summed E-state index contributed by atoms with van der Waals surface area (Å²) in [7, 11) is 0. The van der Waals surface area contributed by atoms with E-state index in [0.717, 1.165) is 37.1 Å². The highest BCUT2D eigenvalue weighted by atomic mass is 16.4. The summed E-state index contributed by atoms with van der Waals surface area (Å²) in [4.78, 5) is 13.4. The monoisotopic (exact) mass is 219 g/mol. The maximum absolute atomic E-state index is 11.4. The van der Waals surface area contributed by atoms with Crippen LogP contribution in [0.2, 0.25) is 0 Å². The highest BCUT2D eigenvalue weighted by molar-refractivity contribution is 5.75. The van der Waals surface area contributed by atoms with Gasteiger partial charge in [-0.15, -0.1) is 0 Å². The number of aryl methyl sites for hydroxylation is 1. The number of carboxylic acid groups (broad SMARTS) is 1. The second kappa shape index (κ2) is 4.66. The molecule has 0 amide bonds. The predicted octanol–water partition coefficient (Wildman–Crippen LogP) is 2.22. The smallest absolute Gasteiger partial charge is 0.325 e. The first-order valence-electron chi connectivity index (χ1n) is 5.72. The summed E-state index contributed by atoms with van der Waals surface area (Å²) in [5, 5.41) is 9.34. The maximum atomic E-state index is 11.4. The Bertz CT molecular complexity index is 383. The molecule has 0 aromatic heterocycles. The molecule has 1 heterocycles. The van der Waals surface area contributed by atoms with E-state index in [-0.39, 0.29) is 0 Å². The molecule has 1 aliphatic heterocycles. The van der Waals surface area contributed by atoms with Crippen molar-refractivity contribution < 1.29 is 9.90 Å². The molecule has 1 aliphatic rings. The molecule has 0 unspecified atom stereocenters. The Hall–Kier alpha value is -1.35. The Morgan fingerprint density at radius 2 is 2.06 bits per heavy atom. The molecule has 1 aromatic carbocycles. The second-order valence-corrected chi connectivity index (χ2v) is 4.40. The molecule has 3 nitrogen and oxygen atoms in total. The van der Waals surface area contributed by atoms with Gasteiger partial charge in [-0.05, 0) is 38.4 Å². The number of benzene rings is 1. The molecule has 0 spiro atoms. The van der Waals surface area contributed by atoms with Crippen LogP contribution in [0.5, 0.6) is 0 Å². The summed E-state index contributed by atoms with van der Waals surface area (Å²) in [6.07, 6.45) is 2.21. The van der Waals surface area contributed by atoms with Crippen LogP contribution in [0, 0.1) is 6.92 Å². The lowest BCUT2D eigenvalue weighted by atomic mass is 10.0. The van der Waals surface area contributed by atoms with Crippen molar-refractivity contribution in [3.05, 3.63) is 35.4 Å². The SMILES string of the molecule is Cc1cccc([C@@H](C(=O)O)N2CCCC2)c1. The molecule has 1 atom stereocenters. The van der Waals surface area contributed by atoms with E-state index in [4.69, 9.17) is 0 Å². The van der Waals surface area contributed by atoms with Crippen molar-refractivity contribution in [1.29, 1.82) is 0 Å². The first-order valence-corrected chi connectivity index (χ1v) is 5.72. The first-order chi connectivity index (χ1) is 7.68. The van der Waals surface area contributed by atoms with Crippen LogP contribution >= 0.6 is 0 Å². The van der Waals surface area contributed by atoms with Crippen molar-refractivity contribution in [3.63, 3.8) is 0 Å². The predicted molar refractivity (Wildman–Crippen MR) is 62.4 cm³/mol. The third-order valence-electron chi connectivity index (χ3n) is 3.10. The second-order valence-electron chi connectivity index (χ2n) is 4.40. The molecule has 1 saturated heterocycles. The largest absolute Gasteiger partial charge is 0.480 e. The van der Waals surface area contributed by atoms with Crippen LogP contribution in [-0.4, -0.2) is 29.1 Å². The lowest BCUT2D eigenvalue weighted by Crippen LogP contribution is -2.31. The quantitative estimate of drug-likeness (QED) is 0.847. The first kappa shape index (κ1) is 11.1. The topological polar surface area (TPSA) is 40.5 Å². The molecule has 1 aromatic rings. The molecular formula is C13H17NO2. The van der Waals surface area contributed by atoms with Crippen molar-refractivity contribution in [2.75, 3.05) is 13.1 Å². The highest BCUT2D eigenvalue weighted by Gasteiger charge is 2.29. The van der Waals surface area contributed by atoms with Gasteiger partial charge in [0.25, 0.3) is 0 Å². The van der Waals surface area contributed by atoms with Gasteiger partial charge in [0.2, 0.25) is 0 Å².